The molecule has 0 aromatic carbocycles. The molecule has 1 aliphatic rings. The molecule has 132 valence electrons. The lowest BCUT2D eigenvalue weighted by atomic mass is 9.99. The highest BCUT2D eigenvalue weighted by molar-refractivity contribution is 6.06. The van der Waals surface area contributed by atoms with E-state index in [0.29, 0.717) is 32.0 Å². The van der Waals surface area contributed by atoms with Crippen LogP contribution < -0.4 is 16.0 Å². The van der Waals surface area contributed by atoms with E-state index in [9.17, 15) is 9.59 Å². The Hall–Kier alpha value is -1.79. The van der Waals surface area contributed by atoms with Crippen LogP contribution in [0.1, 0.15) is 53.9 Å². The molecule has 1 heterocycles. The van der Waals surface area contributed by atoms with Crippen LogP contribution in [0.25, 0.3) is 0 Å². The molecule has 0 aliphatic carbocycles. The maximum absolute atomic E-state index is 12.3. The molecule has 1 fully saturated rings. The SMILES string of the molecule is CCNC(=NCCCN1C(=O)NC(C)(CC)C1=O)NC(C)CC. The van der Waals surface area contributed by atoms with Gasteiger partial charge in [-0.25, -0.2) is 4.79 Å². The quantitative estimate of drug-likeness (QED) is 0.273. The van der Waals surface area contributed by atoms with Crippen molar-refractivity contribution in [1.82, 2.24) is 20.9 Å². The monoisotopic (exact) mass is 325 g/mol. The number of amides is 3. The molecular weight excluding hydrogens is 294 g/mol. The lowest BCUT2D eigenvalue weighted by Crippen LogP contribution is -2.43. The average molecular weight is 325 g/mol. The molecule has 2 atom stereocenters. The summed E-state index contributed by atoms with van der Waals surface area (Å²) in [5.41, 5.74) is -0.757. The zero-order valence-corrected chi connectivity index (χ0v) is 15.0. The highest BCUT2D eigenvalue weighted by atomic mass is 16.2. The van der Waals surface area contributed by atoms with Crippen molar-refractivity contribution >= 4 is 17.9 Å². The summed E-state index contributed by atoms with van der Waals surface area (Å²) in [6.07, 6.45) is 2.26. The Kier molecular flexibility index (Phi) is 7.32. The summed E-state index contributed by atoms with van der Waals surface area (Å²) in [5.74, 6) is 0.635. The van der Waals surface area contributed by atoms with Crippen LogP contribution in [-0.4, -0.2) is 54.0 Å². The fourth-order valence-corrected chi connectivity index (χ4v) is 2.26. The van der Waals surface area contributed by atoms with E-state index in [0.717, 1.165) is 18.9 Å². The number of rotatable bonds is 8. The van der Waals surface area contributed by atoms with E-state index < -0.39 is 5.54 Å². The van der Waals surface area contributed by atoms with Gasteiger partial charge in [-0.3, -0.25) is 14.7 Å². The molecule has 0 radical (unpaired) electrons. The van der Waals surface area contributed by atoms with E-state index in [2.05, 4.69) is 34.8 Å². The molecule has 23 heavy (non-hydrogen) atoms. The third-order valence-electron chi connectivity index (χ3n) is 4.20. The smallest absolute Gasteiger partial charge is 0.325 e. The van der Waals surface area contributed by atoms with E-state index in [-0.39, 0.29) is 11.9 Å². The summed E-state index contributed by atoms with van der Waals surface area (Å²) >= 11 is 0. The molecule has 2 unspecified atom stereocenters. The molecule has 0 aromatic rings. The van der Waals surface area contributed by atoms with Crippen molar-refractivity contribution in [3.63, 3.8) is 0 Å². The first-order chi connectivity index (χ1) is 10.9. The molecule has 7 nitrogen and oxygen atoms in total. The van der Waals surface area contributed by atoms with Crippen LogP contribution in [0.15, 0.2) is 4.99 Å². The van der Waals surface area contributed by atoms with Crippen molar-refractivity contribution in [1.29, 1.82) is 0 Å². The third-order valence-corrected chi connectivity index (χ3v) is 4.20. The van der Waals surface area contributed by atoms with Crippen molar-refractivity contribution in [2.45, 2.75) is 65.5 Å². The van der Waals surface area contributed by atoms with Crippen LogP contribution >= 0.6 is 0 Å². The summed E-state index contributed by atoms with van der Waals surface area (Å²) < 4.78 is 0. The minimum absolute atomic E-state index is 0.140. The maximum Gasteiger partial charge on any atom is 0.325 e. The highest BCUT2D eigenvalue weighted by Crippen LogP contribution is 2.20. The maximum atomic E-state index is 12.3. The minimum atomic E-state index is -0.757. The minimum Gasteiger partial charge on any atom is -0.357 e. The van der Waals surface area contributed by atoms with Crippen LogP contribution in [0.2, 0.25) is 0 Å². The largest absolute Gasteiger partial charge is 0.357 e. The molecule has 0 bridgehead atoms. The Morgan fingerprint density at radius 3 is 2.57 bits per heavy atom. The zero-order valence-electron chi connectivity index (χ0n) is 15.0. The first-order valence-electron chi connectivity index (χ1n) is 8.56. The molecule has 1 saturated heterocycles. The van der Waals surface area contributed by atoms with Crippen molar-refractivity contribution in [3.05, 3.63) is 0 Å². The van der Waals surface area contributed by atoms with E-state index in [4.69, 9.17) is 0 Å². The van der Waals surface area contributed by atoms with Crippen molar-refractivity contribution in [2.24, 2.45) is 4.99 Å². The summed E-state index contributed by atoms with van der Waals surface area (Å²) in [6, 6.07) is 0.0527. The van der Waals surface area contributed by atoms with Gasteiger partial charge in [0, 0.05) is 25.7 Å². The number of imide groups is 1. The number of hydrogen-bond acceptors (Lipinski definition) is 3. The predicted molar refractivity (Wildman–Crippen MR) is 92.4 cm³/mol. The lowest BCUT2D eigenvalue weighted by Gasteiger charge is -2.19. The van der Waals surface area contributed by atoms with Gasteiger partial charge in [0.25, 0.3) is 5.91 Å². The summed E-state index contributed by atoms with van der Waals surface area (Å²) in [6.45, 7) is 11.7. The molecule has 3 N–H and O–H groups in total. The van der Waals surface area contributed by atoms with Gasteiger partial charge in [-0.2, -0.15) is 0 Å². The van der Waals surface area contributed by atoms with Crippen LogP contribution in [0, 0.1) is 0 Å². The Bertz CT molecular complexity index is 452. The normalized spacial score (nSPS) is 23.0. The van der Waals surface area contributed by atoms with Gasteiger partial charge >= 0.3 is 6.03 Å². The van der Waals surface area contributed by atoms with Gasteiger partial charge in [-0.15, -0.1) is 0 Å². The Labute approximate surface area is 139 Å². The van der Waals surface area contributed by atoms with E-state index in [1.807, 2.05) is 13.8 Å². The lowest BCUT2D eigenvalue weighted by molar-refractivity contribution is -0.130. The molecule has 3 amide bonds. The Morgan fingerprint density at radius 1 is 1.35 bits per heavy atom. The average Bonchev–Trinajstić information content (AvgIpc) is 2.74. The van der Waals surface area contributed by atoms with Crippen LogP contribution in [0.3, 0.4) is 0 Å². The number of hydrogen-bond donors (Lipinski definition) is 3. The number of nitrogens with zero attached hydrogens (tertiary/aromatic N) is 2. The van der Waals surface area contributed by atoms with Crippen molar-refractivity contribution in [3.8, 4) is 0 Å². The molecular formula is C16H31N5O2. The number of carbonyl (C=O) groups is 2. The number of guanidine groups is 1. The number of carbonyl (C=O) groups excluding carboxylic acids is 2. The molecule has 7 heteroatoms. The number of nitrogens with one attached hydrogen (secondary N) is 3. The third kappa shape index (κ3) is 5.11. The van der Waals surface area contributed by atoms with Gasteiger partial charge in [-0.05, 0) is 40.0 Å². The molecule has 1 aliphatic heterocycles. The van der Waals surface area contributed by atoms with Crippen LogP contribution in [0.4, 0.5) is 4.79 Å². The van der Waals surface area contributed by atoms with Crippen molar-refractivity contribution < 1.29 is 9.59 Å². The molecule has 0 aromatic heterocycles. The topological polar surface area (TPSA) is 85.8 Å². The fraction of sp³-hybridized carbons (Fsp3) is 0.812. The predicted octanol–water partition coefficient (Wildman–Crippen LogP) is 1.45. The molecule has 1 rings (SSSR count). The summed E-state index contributed by atoms with van der Waals surface area (Å²) in [5, 5.41) is 9.27. The van der Waals surface area contributed by atoms with Crippen LogP contribution in [-0.2, 0) is 4.79 Å². The Balaban J connectivity index is 2.50. The second kappa shape index (κ2) is 8.74. The first-order valence-corrected chi connectivity index (χ1v) is 8.56. The van der Waals surface area contributed by atoms with Gasteiger partial charge in [0.2, 0.25) is 0 Å². The fourth-order valence-electron chi connectivity index (χ4n) is 2.26. The van der Waals surface area contributed by atoms with Crippen LogP contribution in [0.5, 0.6) is 0 Å². The second-order valence-corrected chi connectivity index (χ2v) is 6.14. The van der Waals surface area contributed by atoms with Gasteiger partial charge < -0.3 is 16.0 Å². The highest BCUT2D eigenvalue weighted by Gasteiger charge is 2.45. The first kappa shape index (κ1) is 19.3. The van der Waals surface area contributed by atoms with E-state index >= 15 is 0 Å². The second-order valence-electron chi connectivity index (χ2n) is 6.14. The van der Waals surface area contributed by atoms with Gasteiger partial charge in [-0.1, -0.05) is 13.8 Å². The molecule has 0 spiro atoms. The summed E-state index contributed by atoms with van der Waals surface area (Å²) in [4.78, 5) is 30.0. The van der Waals surface area contributed by atoms with E-state index in [1.165, 1.54) is 4.90 Å². The van der Waals surface area contributed by atoms with E-state index in [1.54, 1.807) is 6.92 Å². The zero-order chi connectivity index (χ0) is 17.5. The summed E-state index contributed by atoms with van der Waals surface area (Å²) in [7, 11) is 0. The Morgan fingerprint density at radius 2 is 2.04 bits per heavy atom. The number of urea groups is 1. The standard InChI is InChI=1S/C16H31N5O2/c1-6-12(4)19-14(17-8-3)18-10-9-11-21-13(22)16(5,7-2)20-15(21)23/h12H,6-11H2,1-5H3,(H,20,23)(H2,17,18,19). The van der Waals surface area contributed by atoms with Gasteiger partial charge in [0.15, 0.2) is 5.96 Å². The molecule has 0 saturated carbocycles. The number of aliphatic imine (C=N–C) groups is 1. The van der Waals surface area contributed by atoms with Crippen molar-refractivity contribution in [2.75, 3.05) is 19.6 Å². The van der Waals surface area contributed by atoms with Gasteiger partial charge in [0.05, 0.1) is 0 Å². The van der Waals surface area contributed by atoms with Gasteiger partial charge in [0.1, 0.15) is 5.54 Å².